The summed E-state index contributed by atoms with van der Waals surface area (Å²) in [6.07, 6.45) is 15.9. The Bertz CT molecular complexity index is 1090. The van der Waals surface area contributed by atoms with Gasteiger partial charge < -0.3 is 10.2 Å². The molecule has 1 aliphatic heterocycles. The van der Waals surface area contributed by atoms with Gasteiger partial charge in [-0.1, -0.05) is 136 Å². The number of fused-ring (bicyclic) bond motifs is 1. The summed E-state index contributed by atoms with van der Waals surface area (Å²) in [5.74, 6) is 2.25. The van der Waals surface area contributed by atoms with Crippen LogP contribution in [0.3, 0.4) is 0 Å². The molecule has 1 amide bonds. The van der Waals surface area contributed by atoms with Crippen molar-refractivity contribution in [2.75, 3.05) is 20.1 Å². The molecule has 0 bridgehead atoms. The van der Waals surface area contributed by atoms with Crippen molar-refractivity contribution in [3.8, 4) is 0 Å². The van der Waals surface area contributed by atoms with Crippen LogP contribution in [0.15, 0.2) is 72.0 Å². The van der Waals surface area contributed by atoms with Crippen molar-refractivity contribution in [1.29, 1.82) is 0 Å². The lowest BCUT2D eigenvalue weighted by Crippen LogP contribution is -2.41. The Hall–Kier alpha value is -2.39. The Morgan fingerprint density at radius 2 is 1.61 bits per heavy atom. The quantitative estimate of drug-likeness (QED) is 0.360. The number of hydrogen-bond acceptors (Lipinski definition) is 2. The van der Waals surface area contributed by atoms with Gasteiger partial charge in [-0.3, -0.25) is 4.79 Å². The molecule has 1 saturated carbocycles. The second kappa shape index (κ2) is 15.7. The molecule has 4 rings (SSSR count). The van der Waals surface area contributed by atoms with E-state index >= 15 is 0 Å². The third kappa shape index (κ3) is 9.84. The van der Waals surface area contributed by atoms with Gasteiger partial charge >= 0.3 is 0 Å². The Morgan fingerprint density at radius 3 is 2.22 bits per heavy atom. The first kappa shape index (κ1) is 34.8. The van der Waals surface area contributed by atoms with Crippen LogP contribution in [0.4, 0.5) is 0 Å². The van der Waals surface area contributed by atoms with Crippen LogP contribution in [0.25, 0.3) is 5.57 Å². The SMILES string of the molecule is CC.CC(C)C(C)(C)C(C)CN(C)CC1=CC=CC(C)(C)C=C1.CC1=C(c2ccccc2)C2CCCCC2C(=O)N1. The largest absolute Gasteiger partial charge is 0.330 e. The van der Waals surface area contributed by atoms with E-state index in [0.29, 0.717) is 23.2 Å². The Balaban J connectivity index is 0.000000272. The lowest BCUT2D eigenvalue weighted by molar-refractivity contribution is -0.126. The fourth-order valence-electron chi connectivity index (χ4n) is 6.07. The summed E-state index contributed by atoms with van der Waals surface area (Å²) in [5.41, 5.74) is 5.63. The smallest absolute Gasteiger partial charge is 0.227 e. The predicted molar refractivity (Wildman–Crippen MR) is 179 cm³/mol. The second-order valence-corrected chi connectivity index (χ2v) is 13.7. The van der Waals surface area contributed by atoms with Crippen LogP contribution in [0.2, 0.25) is 0 Å². The number of hydrogen-bond donors (Lipinski definition) is 1. The highest BCUT2D eigenvalue weighted by Gasteiger charge is 2.38. The van der Waals surface area contributed by atoms with E-state index in [1.165, 1.54) is 29.6 Å². The number of nitrogens with one attached hydrogen (secondary N) is 1. The molecule has 3 atom stereocenters. The van der Waals surface area contributed by atoms with Crippen molar-refractivity contribution in [3.63, 3.8) is 0 Å². The van der Waals surface area contributed by atoms with E-state index in [2.05, 4.69) is 120 Å². The summed E-state index contributed by atoms with van der Waals surface area (Å²) in [5, 5.41) is 3.07. The molecule has 41 heavy (non-hydrogen) atoms. The number of allylic oxidation sites excluding steroid dienone is 6. The van der Waals surface area contributed by atoms with E-state index in [9.17, 15) is 4.79 Å². The maximum atomic E-state index is 12.1. The molecule has 1 aromatic rings. The number of likely N-dealkylation sites (N-methyl/N-ethyl adjacent to an activating group) is 1. The van der Waals surface area contributed by atoms with Crippen molar-refractivity contribution in [2.45, 2.75) is 94.9 Å². The molecule has 1 heterocycles. The summed E-state index contributed by atoms with van der Waals surface area (Å²) in [4.78, 5) is 14.5. The van der Waals surface area contributed by atoms with Crippen molar-refractivity contribution in [1.82, 2.24) is 10.2 Å². The monoisotopic (exact) mass is 560 g/mol. The maximum absolute atomic E-state index is 12.1. The van der Waals surface area contributed by atoms with Gasteiger partial charge in [0.05, 0.1) is 0 Å². The molecule has 3 heteroatoms. The average molecular weight is 561 g/mol. The standard InChI is InChI=1S/C20H35N.C16H19NO.C2H6/c1-16(2)20(6,7)17(3)14-21(8)15-18-10-9-12-19(4,5)13-11-18;1-11-15(12-7-3-2-4-8-12)13-9-5-6-10-14(13)16(18)17-11;1-2/h9-13,16-17H,14-15H2,1-8H3;2-4,7-8,13-14H,5-6,9-10H2,1H3,(H,17,18);1-2H3. The third-order valence-corrected chi connectivity index (χ3v) is 9.63. The molecule has 3 unspecified atom stereocenters. The van der Waals surface area contributed by atoms with Gasteiger partial charge in [0.1, 0.15) is 0 Å². The molecule has 1 fully saturated rings. The number of benzene rings is 1. The molecule has 0 saturated heterocycles. The topological polar surface area (TPSA) is 32.3 Å². The summed E-state index contributed by atoms with van der Waals surface area (Å²) >= 11 is 0. The first-order valence-corrected chi connectivity index (χ1v) is 16.1. The Kier molecular flexibility index (Phi) is 13.4. The number of amides is 1. The highest BCUT2D eigenvalue weighted by Crippen LogP contribution is 2.43. The lowest BCUT2D eigenvalue weighted by Gasteiger charge is -2.38. The molecule has 1 aromatic carbocycles. The summed E-state index contributed by atoms with van der Waals surface area (Å²) in [7, 11) is 2.24. The molecule has 3 nitrogen and oxygen atoms in total. The highest BCUT2D eigenvalue weighted by molar-refractivity contribution is 5.89. The maximum Gasteiger partial charge on any atom is 0.227 e. The molecule has 0 spiro atoms. The Morgan fingerprint density at radius 1 is 1.00 bits per heavy atom. The molecule has 2 aliphatic carbocycles. The van der Waals surface area contributed by atoms with Crippen LogP contribution < -0.4 is 5.32 Å². The number of carbonyl (C=O) groups is 1. The minimum Gasteiger partial charge on any atom is -0.330 e. The molecule has 0 aromatic heterocycles. The van der Waals surface area contributed by atoms with Crippen LogP contribution in [0, 0.1) is 34.5 Å². The highest BCUT2D eigenvalue weighted by atomic mass is 16.2. The number of rotatable bonds is 7. The number of nitrogens with zero attached hydrogens (tertiary/aromatic N) is 1. The normalized spacial score (nSPS) is 22.5. The minimum atomic E-state index is 0.170. The Labute approximate surface area is 253 Å². The van der Waals surface area contributed by atoms with Crippen LogP contribution in [-0.4, -0.2) is 30.9 Å². The summed E-state index contributed by atoms with van der Waals surface area (Å²) in [6.45, 7) is 24.5. The fourth-order valence-corrected chi connectivity index (χ4v) is 6.07. The molecule has 228 valence electrons. The first-order chi connectivity index (χ1) is 19.3. The minimum absolute atomic E-state index is 0.170. The zero-order chi connectivity index (χ0) is 30.8. The van der Waals surface area contributed by atoms with Crippen molar-refractivity contribution in [3.05, 3.63) is 77.5 Å². The molecular formula is C38H60N2O. The lowest BCUT2D eigenvalue weighted by atomic mass is 9.70. The summed E-state index contributed by atoms with van der Waals surface area (Å²) in [6, 6.07) is 10.5. The van der Waals surface area contributed by atoms with Crippen molar-refractivity contribution >= 4 is 11.5 Å². The first-order valence-electron chi connectivity index (χ1n) is 16.1. The van der Waals surface area contributed by atoms with Crippen LogP contribution in [0.5, 0.6) is 0 Å². The van der Waals surface area contributed by atoms with Crippen LogP contribution in [-0.2, 0) is 4.79 Å². The van der Waals surface area contributed by atoms with Crippen molar-refractivity contribution < 1.29 is 4.79 Å². The van der Waals surface area contributed by atoms with Gasteiger partial charge in [-0.05, 0) is 66.7 Å². The summed E-state index contributed by atoms with van der Waals surface area (Å²) < 4.78 is 0. The van der Waals surface area contributed by atoms with E-state index < -0.39 is 0 Å². The van der Waals surface area contributed by atoms with Gasteiger partial charge in [0.2, 0.25) is 5.91 Å². The molecule has 1 N–H and O–H groups in total. The van der Waals surface area contributed by atoms with Gasteiger partial charge in [0.25, 0.3) is 0 Å². The van der Waals surface area contributed by atoms with Crippen LogP contribution in [0.1, 0.15) is 100 Å². The van der Waals surface area contributed by atoms with E-state index in [-0.39, 0.29) is 17.2 Å². The van der Waals surface area contributed by atoms with E-state index in [0.717, 1.165) is 31.6 Å². The molecule has 0 radical (unpaired) electrons. The zero-order valence-electron chi connectivity index (χ0n) is 28.2. The average Bonchev–Trinajstić information content (AvgIpc) is 3.10. The second-order valence-electron chi connectivity index (χ2n) is 13.7. The van der Waals surface area contributed by atoms with Gasteiger partial charge in [-0.15, -0.1) is 0 Å². The van der Waals surface area contributed by atoms with Gasteiger partial charge in [-0.2, -0.15) is 0 Å². The molecular weight excluding hydrogens is 500 g/mol. The predicted octanol–water partition coefficient (Wildman–Crippen LogP) is 9.70. The van der Waals surface area contributed by atoms with E-state index in [1.54, 1.807) is 0 Å². The fraction of sp³-hybridized carbons (Fsp3) is 0.605. The number of carbonyl (C=O) groups excluding carboxylic acids is 1. The van der Waals surface area contributed by atoms with E-state index in [4.69, 9.17) is 0 Å². The van der Waals surface area contributed by atoms with Gasteiger partial charge in [-0.25, -0.2) is 0 Å². The molecule has 3 aliphatic rings. The third-order valence-electron chi connectivity index (χ3n) is 9.63. The van der Waals surface area contributed by atoms with E-state index in [1.807, 2.05) is 26.8 Å². The van der Waals surface area contributed by atoms with Gasteiger partial charge in [0.15, 0.2) is 0 Å². The van der Waals surface area contributed by atoms with Crippen molar-refractivity contribution in [2.24, 2.45) is 34.5 Å². The zero-order valence-corrected chi connectivity index (χ0v) is 28.2. The van der Waals surface area contributed by atoms with Crippen LogP contribution >= 0.6 is 0 Å². The van der Waals surface area contributed by atoms with Gasteiger partial charge in [0, 0.05) is 30.1 Å².